The van der Waals surface area contributed by atoms with Crippen molar-refractivity contribution in [3.8, 4) is 0 Å². The Morgan fingerprint density at radius 1 is 1.12 bits per heavy atom. The molecule has 2 saturated heterocycles. The standard InChI is InChI=1S/C13H18O3/c1-13(7-2-3-8-10(6-7)15-8)11(14)5-4-9-12(13)16-9/h7-10,12H,2-6H2,1H3. The zero-order valence-corrected chi connectivity index (χ0v) is 9.65. The second kappa shape index (κ2) is 2.88. The van der Waals surface area contributed by atoms with E-state index in [1.807, 2.05) is 0 Å². The molecule has 4 aliphatic rings. The van der Waals surface area contributed by atoms with Crippen LogP contribution in [0.1, 0.15) is 39.0 Å². The van der Waals surface area contributed by atoms with Crippen LogP contribution in [-0.4, -0.2) is 30.2 Å². The smallest absolute Gasteiger partial charge is 0.141 e. The Balaban J connectivity index is 1.61. The Labute approximate surface area is 95.5 Å². The molecule has 2 aliphatic heterocycles. The fourth-order valence-electron chi connectivity index (χ4n) is 4.00. The van der Waals surface area contributed by atoms with Crippen molar-refractivity contribution >= 4 is 5.78 Å². The average molecular weight is 222 g/mol. The lowest BCUT2D eigenvalue weighted by Crippen LogP contribution is -2.45. The number of fused-ring (bicyclic) bond motifs is 2. The Morgan fingerprint density at radius 3 is 2.81 bits per heavy atom. The molecule has 4 fully saturated rings. The van der Waals surface area contributed by atoms with Gasteiger partial charge in [0.1, 0.15) is 5.78 Å². The molecule has 0 N–H and O–H groups in total. The molecule has 0 radical (unpaired) electrons. The second-order valence-corrected chi connectivity index (χ2v) is 6.06. The summed E-state index contributed by atoms with van der Waals surface area (Å²) in [5.41, 5.74) is -0.195. The van der Waals surface area contributed by atoms with Crippen LogP contribution in [0.2, 0.25) is 0 Å². The maximum atomic E-state index is 12.3. The number of rotatable bonds is 1. The highest BCUT2D eigenvalue weighted by Gasteiger charge is 2.63. The summed E-state index contributed by atoms with van der Waals surface area (Å²) >= 11 is 0. The van der Waals surface area contributed by atoms with Gasteiger partial charge in [-0.1, -0.05) is 0 Å². The fourth-order valence-corrected chi connectivity index (χ4v) is 4.00. The summed E-state index contributed by atoms with van der Waals surface area (Å²) in [6.07, 6.45) is 6.66. The van der Waals surface area contributed by atoms with Crippen LogP contribution in [0.25, 0.3) is 0 Å². The van der Waals surface area contributed by atoms with Gasteiger partial charge < -0.3 is 9.47 Å². The first kappa shape index (κ1) is 9.60. The monoisotopic (exact) mass is 222 g/mol. The first-order chi connectivity index (χ1) is 7.69. The summed E-state index contributed by atoms with van der Waals surface area (Å²) in [7, 11) is 0. The summed E-state index contributed by atoms with van der Waals surface area (Å²) in [5.74, 6) is 0.939. The number of hydrogen-bond donors (Lipinski definition) is 0. The summed E-state index contributed by atoms with van der Waals surface area (Å²) in [6.45, 7) is 2.15. The third kappa shape index (κ3) is 1.13. The highest BCUT2D eigenvalue weighted by molar-refractivity contribution is 5.87. The number of ketones is 1. The molecule has 2 saturated carbocycles. The van der Waals surface area contributed by atoms with Crippen molar-refractivity contribution in [1.29, 1.82) is 0 Å². The number of hydrogen-bond acceptors (Lipinski definition) is 3. The van der Waals surface area contributed by atoms with E-state index in [4.69, 9.17) is 9.47 Å². The summed E-state index contributed by atoms with van der Waals surface area (Å²) in [6, 6.07) is 0. The lowest BCUT2D eigenvalue weighted by atomic mass is 9.62. The van der Waals surface area contributed by atoms with Gasteiger partial charge in [0.2, 0.25) is 0 Å². The SMILES string of the molecule is CC1(C2CCC3OC3C2)C(=O)CCC2OC21. The van der Waals surface area contributed by atoms with E-state index in [2.05, 4.69) is 6.92 Å². The number of carbonyl (C=O) groups excluding carboxylic acids is 1. The zero-order chi connectivity index (χ0) is 10.9. The van der Waals surface area contributed by atoms with Gasteiger partial charge in [0.05, 0.1) is 29.8 Å². The summed E-state index contributed by atoms with van der Waals surface area (Å²) in [5, 5.41) is 0. The first-order valence-corrected chi connectivity index (χ1v) is 6.54. The van der Waals surface area contributed by atoms with Crippen molar-refractivity contribution in [1.82, 2.24) is 0 Å². The normalized spacial score (nSPS) is 58.8. The van der Waals surface area contributed by atoms with Gasteiger partial charge in [0, 0.05) is 6.42 Å². The molecule has 16 heavy (non-hydrogen) atoms. The number of carbonyl (C=O) groups is 1. The predicted molar refractivity (Wildman–Crippen MR) is 57.0 cm³/mol. The summed E-state index contributed by atoms with van der Waals surface area (Å²) in [4.78, 5) is 12.3. The zero-order valence-electron chi connectivity index (χ0n) is 9.65. The minimum atomic E-state index is -0.195. The Bertz CT molecular complexity index is 353. The van der Waals surface area contributed by atoms with Crippen LogP contribution in [0, 0.1) is 11.3 Å². The van der Waals surface area contributed by atoms with Gasteiger partial charge in [0.15, 0.2) is 0 Å². The Kier molecular flexibility index (Phi) is 1.73. The molecule has 2 heterocycles. The second-order valence-electron chi connectivity index (χ2n) is 6.06. The first-order valence-electron chi connectivity index (χ1n) is 6.54. The lowest BCUT2D eigenvalue weighted by molar-refractivity contribution is -0.133. The molecular formula is C13H18O3. The Hall–Kier alpha value is -0.410. The maximum Gasteiger partial charge on any atom is 0.141 e. The van der Waals surface area contributed by atoms with E-state index in [1.54, 1.807) is 0 Å². The maximum absolute atomic E-state index is 12.3. The van der Waals surface area contributed by atoms with Gasteiger partial charge in [-0.3, -0.25) is 4.79 Å². The molecule has 0 spiro atoms. The van der Waals surface area contributed by atoms with E-state index in [-0.39, 0.29) is 11.5 Å². The fraction of sp³-hybridized carbons (Fsp3) is 0.923. The van der Waals surface area contributed by atoms with Crippen molar-refractivity contribution in [3.63, 3.8) is 0 Å². The predicted octanol–water partition coefficient (Wildman–Crippen LogP) is 1.69. The molecule has 6 atom stereocenters. The van der Waals surface area contributed by atoms with Crippen molar-refractivity contribution in [2.45, 2.75) is 63.4 Å². The molecule has 3 nitrogen and oxygen atoms in total. The van der Waals surface area contributed by atoms with Gasteiger partial charge in [-0.2, -0.15) is 0 Å². The van der Waals surface area contributed by atoms with Crippen LogP contribution in [0.4, 0.5) is 0 Å². The highest BCUT2D eigenvalue weighted by atomic mass is 16.6. The van der Waals surface area contributed by atoms with E-state index in [0.717, 1.165) is 32.1 Å². The van der Waals surface area contributed by atoms with E-state index < -0.39 is 0 Å². The van der Waals surface area contributed by atoms with E-state index in [1.165, 1.54) is 0 Å². The molecule has 0 aromatic rings. The van der Waals surface area contributed by atoms with Gasteiger partial charge in [-0.15, -0.1) is 0 Å². The van der Waals surface area contributed by atoms with Crippen LogP contribution in [0.5, 0.6) is 0 Å². The molecule has 0 aromatic carbocycles. The third-order valence-electron chi connectivity index (χ3n) is 5.28. The van der Waals surface area contributed by atoms with Crippen LogP contribution >= 0.6 is 0 Å². The van der Waals surface area contributed by atoms with E-state index >= 15 is 0 Å². The van der Waals surface area contributed by atoms with Crippen LogP contribution in [0.3, 0.4) is 0 Å². The topological polar surface area (TPSA) is 42.1 Å². The van der Waals surface area contributed by atoms with Crippen molar-refractivity contribution in [2.24, 2.45) is 11.3 Å². The van der Waals surface area contributed by atoms with Crippen molar-refractivity contribution in [3.05, 3.63) is 0 Å². The highest BCUT2D eigenvalue weighted by Crippen LogP contribution is 2.56. The van der Waals surface area contributed by atoms with Gasteiger partial charge in [0.25, 0.3) is 0 Å². The minimum Gasteiger partial charge on any atom is -0.370 e. The number of Topliss-reactive ketones (excluding diaryl/α,β-unsaturated/α-hetero) is 1. The van der Waals surface area contributed by atoms with Gasteiger partial charge in [-0.25, -0.2) is 0 Å². The van der Waals surface area contributed by atoms with Crippen LogP contribution < -0.4 is 0 Å². The molecule has 3 heteroatoms. The molecule has 88 valence electrons. The quantitative estimate of drug-likeness (QED) is 0.634. The van der Waals surface area contributed by atoms with Crippen molar-refractivity contribution < 1.29 is 14.3 Å². The third-order valence-corrected chi connectivity index (χ3v) is 5.28. The Morgan fingerprint density at radius 2 is 2.00 bits per heavy atom. The minimum absolute atomic E-state index is 0.195. The molecule has 6 unspecified atom stereocenters. The van der Waals surface area contributed by atoms with Crippen LogP contribution in [0.15, 0.2) is 0 Å². The average Bonchev–Trinajstić information content (AvgIpc) is 3.13. The van der Waals surface area contributed by atoms with Crippen LogP contribution in [-0.2, 0) is 14.3 Å². The molecule has 4 rings (SSSR count). The van der Waals surface area contributed by atoms with Gasteiger partial charge >= 0.3 is 0 Å². The van der Waals surface area contributed by atoms with Crippen molar-refractivity contribution in [2.75, 3.05) is 0 Å². The van der Waals surface area contributed by atoms with Gasteiger partial charge in [-0.05, 0) is 38.5 Å². The molecule has 0 aromatic heterocycles. The molecular weight excluding hydrogens is 204 g/mol. The number of epoxide rings is 2. The molecule has 0 bridgehead atoms. The lowest BCUT2D eigenvalue weighted by Gasteiger charge is -2.38. The van der Waals surface area contributed by atoms with E-state index in [9.17, 15) is 4.79 Å². The van der Waals surface area contributed by atoms with E-state index in [0.29, 0.717) is 30.0 Å². The molecule has 2 aliphatic carbocycles. The summed E-state index contributed by atoms with van der Waals surface area (Å²) < 4.78 is 11.3. The largest absolute Gasteiger partial charge is 0.370 e. The number of ether oxygens (including phenoxy) is 2. The molecule has 0 amide bonds.